The van der Waals surface area contributed by atoms with Crippen LogP contribution in [0.4, 0.5) is 0 Å². The van der Waals surface area contributed by atoms with E-state index in [0.717, 1.165) is 57.4 Å². The second kappa shape index (κ2) is 10.6. The molecule has 0 radical (unpaired) electrons. The Morgan fingerprint density at radius 2 is 1.94 bits per heavy atom. The molecular weight excluding hydrogens is 430 g/mol. The number of aromatic nitrogens is 2. The van der Waals surface area contributed by atoms with Gasteiger partial charge in [-0.15, -0.1) is 0 Å². The van der Waals surface area contributed by atoms with E-state index in [9.17, 15) is 9.59 Å². The Morgan fingerprint density at radius 1 is 1.12 bits per heavy atom. The van der Waals surface area contributed by atoms with Crippen molar-refractivity contribution in [2.45, 2.75) is 51.1 Å². The summed E-state index contributed by atoms with van der Waals surface area (Å²) < 4.78 is 7.87. The first-order valence-corrected chi connectivity index (χ1v) is 12.3. The molecule has 1 spiro atoms. The number of likely N-dealkylation sites (tertiary alicyclic amines) is 1. The Bertz CT molecular complexity index is 1010. The average Bonchev–Trinajstić information content (AvgIpc) is 3.40. The molecule has 1 saturated heterocycles. The van der Waals surface area contributed by atoms with Crippen molar-refractivity contribution >= 4 is 11.8 Å². The number of imidazole rings is 1. The monoisotopic (exact) mass is 467 g/mol. The van der Waals surface area contributed by atoms with E-state index in [2.05, 4.69) is 16.1 Å². The largest absolute Gasteiger partial charge is 0.492 e. The first-order valence-electron chi connectivity index (χ1n) is 12.3. The van der Waals surface area contributed by atoms with Crippen molar-refractivity contribution in [3.63, 3.8) is 0 Å². The van der Waals surface area contributed by atoms with E-state index < -0.39 is 0 Å². The summed E-state index contributed by atoms with van der Waals surface area (Å²) in [5, 5.41) is 0. The van der Waals surface area contributed by atoms with Crippen molar-refractivity contribution in [2.75, 3.05) is 39.8 Å². The van der Waals surface area contributed by atoms with Crippen molar-refractivity contribution in [3.8, 4) is 5.75 Å². The van der Waals surface area contributed by atoms with Gasteiger partial charge in [0.15, 0.2) is 0 Å². The fourth-order valence-electron chi connectivity index (χ4n) is 5.44. The van der Waals surface area contributed by atoms with Crippen LogP contribution in [0.15, 0.2) is 36.8 Å². The maximum absolute atomic E-state index is 13.4. The number of rotatable bonds is 2. The van der Waals surface area contributed by atoms with Crippen LogP contribution in [-0.2, 0) is 18.4 Å². The van der Waals surface area contributed by atoms with Crippen LogP contribution >= 0.6 is 0 Å². The minimum absolute atomic E-state index is 0.00902. The number of carbonyl (C=O) groups is 2. The van der Waals surface area contributed by atoms with Gasteiger partial charge >= 0.3 is 0 Å². The van der Waals surface area contributed by atoms with Crippen molar-refractivity contribution in [3.05, 3.63) is 48.0 Å². The van der Waals surface area contributed by atoms with Crippen LogP contribution in [0.25, 0.3) is 0 Å². The van der Waals surface area contributed by atoms with Crippen molar-refractivity contribution in [2.24, 2.45) is 7.05 Å². The highest BCUT2D eigenvalue weighted by Gasteiger charge is 2.42. The molecule has 2 aromatic rings. The molecule has 184 valence electrons. The van der Waals surface area contributed by atoms with Gasteiger partial charge < -0.3 is 19.1 Å². The molecule has 1 fully saturated rings. The molecule has 0 N–H and O–H groups in total. The third-order valence-corrected chi connectivity index (χ3v) is 7.21. The molecule has 2 amide bonds. The molecule has 34 heavy (non-hydrogen) atoms. The Labute approximate surface area is 202 Å². The number of fused-ring (bicyclic) bond motifs is 2. The van der Waals surface area contributed by atoms with E-state index >= 15 is 0 Å². The van der Waals surface area contributed by atoms with Gasteiger partial charge in [-0.3, -0.25) is 14.5 Å². The number of likely N-dealkylation sites (N-methyl/N-ethyl adjacent to an activating group) is 1. The third kappa shape index (κ3) is 5.60. The van der Waals surface area contributed by atoms with E-state index in [1.54, 1.807) is 6.92 Å². The highest BCUT2D eigenvalue weighted by molar-refractivity contribution is 5.94. The Balaban J connectivity index is 1.60. The van der Waals surface area contributed by atoms with Crippen LogP contribution in [0.1, 0.15) is 55.1 Å². The molecule has 8 heteroatoms. The summed E-state index contributed by atoms with van der Waals surface area (Å²) in [5.41, 5.74) is 1.58. The van der Waals surface area contributed by atoms with Crippen LogP contribution in [-0.4, -0.2) is 81.4 Å². The zero-order valence-corrected chi connectivity index (χ0v) is 20.7. The Morgan fingerprint density at radius 3 is 2.71 bits per heavy atom. The van der Waals surface area contributed by atoms with E-state index in [1.165, 1.54) is 0 Å². The van der Waals surface area contributed by atoms with Crippen LogP contribution in [0, 0.1) is 0 Å². The minimum atomic E-state index is -0.0999. The lowest BCUT2D eigenvalue weighted by atomic mass is 9.88. The number of ether oxygens (including phenoxy) is 1. The molecule has 0 aliphatic carbocycles. The second-order valence-corrected chi connectivity index (χ2v) is 9.78. The normalized spacial score (nSPS) is 23.0. The van der Waals surface area contributed by atoms with Gasteiger partial charge in [0.1, 0.15) is 12.4 Å². The van der Waals surface area contributed by atoms with Gasteiger partial charge in [-0.1, -0.05) is 6.07 Å². The number of amides is 2. The van der Waals surface area contributed by atoms with Crippen LogP contribution < -0.4 is 4.74 Å². The highest BCUT2D eigenvalue weighted by atomic mass is 16.5. The fourth-order valence-corrected chi connectivity index (χ4v) is 5.44. The molecule has 3 heterocycles. The first-order chi connectivity index (χ1) is 16.4. The minimum Gasteiger partial charge on any atom is -0.492 e. The molecular formula is C26H37N5O3. The smallest absolute Gasteiger partial charge is 0.253 e. The van der Waals surface area contributed by atoms with Crippen molar-refractivity contribution < 1.29 is 14.3 Å². The zero-order chi connectivity index (χ0) is 24.1. The maximum atomic E-state index is 13.4. The lowest BCUT2D eigenvalue weighted by molar-refractivity contribution is -0.129. The number of aryl methyl sites for hydroxylation is 1. The summed E-state index contributed by atoms with van der Waals surface area (Å²) in [7, 11) is 3.90. The van der Waals surface area contributed by atoms with Gasteiger partial charge in [0.2, 0.25) is 5.91 Å². The molecule has 1 aromatic heterocycles. The number of nitrogens with zero attached hydrogens (tertiary/aromatic N) is 5. The van der Waals surface area contributed by atoms with Crippen LogP contribution in [0.5, 0.6) is 5.75 Å². The van der Waals surface area contributed by atoms with E-state index in [0.29, 0.717) is 31.0 Å². The lowest BCUT2D eigenvalue weighted by Crippen LogP contribution is -2.52. The number of benzene rings is 1. The van der Waals surface area contributed by atoms with Gasteiger partial charge in [0.05, 0.1) is 18.6 Å². The molecule has 2 aliphatic rings. The molecule has 8 nitrogen and oxygen atoms in total. The topological polar surface area (TPSA) is 70.9 Å². The van der Waals surface area contributed by atoms with Crippen molar-refractivity contribution in [1.82, 2.24) is 24.3 Å². The number of hydrogen-bond donors (Lipinski definition) is 0. The Hall–Kier alpha value is -2.87. The van der Waals surface area contributed by atoms with E-state index in [4.69, 9.17) is 4.74 Å². The summed E-state index contributed by atoms with van der Waals surface area (Å²) >= 11 is 0. The van der Waals surface area contributed by atoms with Gasteiger partial charge in [-0.2, -0.15) is 0 Å². The van der Waals surface area contributed by atoms with Gasteiger partial charge in [0.25, 0.3) is 5.91 Å². The summed E-state index contributed by atoms with van der Waals surface area (Å²) in [6.45, 7) is 5.76. The van der Waals surface area contributed by atoms with Crippen LogP contribution in [0.2, 0.25) is 0 Å². The summed E-state index contributed by atoms with van der Waals surface area (Å²) in [4.78, 5) is 36.4. The highest BCUT2D eigenvalue weighted by Crippen LogP contribution is 2.36. The molecule has 4 rings (SSSR count). The Kier molecular flexibility index (Phi) is 7.56. The van der Waals surface area contributed by atoms with Gasteiger partial charge in [0, 0.05) is 58.0 Å². The predicted molar refractivity (Wildman–Crippen MR) is 131 cm³/mol. The van der Waals surface area contributed by atoms with Crippen LogP contribution in [0.3, 0.4) is 0 Å². The second-order valence-electron chi connectivity index (χ2n) is 9.78. The predicted octanol–water partition coefficient (Wildman–Crippen LogP) is 2.94. The molecule has 1 atom stereocenters. The standard InChI is InChI=1S/C26H37N5O3/c1-21(32)30-12-5-4-10-26(11-7-13-31(26)18-23-17-28(2)20-27-23)19-29(3)25(33)22-8-6-9-24(16-22)34-15-14-30/h6,8-9,16-17,20H,4-5,7,10-15,18-19H2,1-3H3/t26-/m1/s1. The lowest BCUT2D eigenvalue weighted by Gasteiger charge is -2.41. The summed E-state index contributed by atoms with van der Waals surface area (Å²) in [5.74, 6) is 0.740. The summed E-state index contributed by atoms with van der Waals surface area (Å²) in [6.07, 6.45) is 9.00. The van der Waals surface area contributed by atoms with Gasteiger partial charge in [-0.25, -0.2) is 4.98 Å². The van der Waals surface area contributed by atoms with Gasteiger partial charge in [-0.05, 0) is 56.8 Å². The fraction of sp³-hybridized carbons (Fsp3) is 0.577. The number of hydrogen-bond acceptors (Lipinski definition) is 5. The SMILES string of the molecule is CC(=O)N1CCCC[C@@]2(CCCN2Cc2cn(C)cn2)CN(C)C(=O)c2cccc(c2)OCC1. The van der Waals surface area contributed by atoms with Crippen molar-refractivity contribution in [1.29, 1.82) is 0 Å². The maximum Gasteiger partial charge on any atom is 0.253 e. The number of carbonyl (C=O) groups excluding carboxylic acids is 2. The molecule has 2 aliphatic heterocycles. The first kappa shape index (κ1) is 24.3. The zero-order valence-electron chi connectivity index (χ0n) is 20.7. The third-order valence-electron chi connectivity index (χ3n) is 7.21. The summed E-state index contributed by atoms with van der Waals surface area (Å²) in [6, 6.07) is 7.37. The molecule has 0 saturated carbocycles. The quantitative estimate of drug-likeness (QED) is 0.679. The average molecular weight is 468 g/mol. The molecule has 0 unspecified atom stereocenters. The molecule has 1 aromatic carbocycles. The van der Waals surface area contributed by atoms with E-state index in [1.807, 2.05) is 59.1 Å². The van der Waals surface area contributed by atoms with E-state index in [-0.39, 0.29) is 17.4 Å². The molecule has 2 bridgehead atoms.